The first-order valence-corrected chi connectivity index (χ1v) is 16.9. The number of anilines is 2. The maximum absolute atomic E-state index is 14.9. The lowest BCUT2D eigenvalue weighted by Crippen LogP contribution is -2.46. The highest BCUT2D eigenvalue weighted by atomic mass is 32.1. The molecule has 1 saturated heterocycles. The van der Waals surface area contributed by atoms with Crippen molar-refractivity contribution in [3.05, 3.63) is 71.4 Å². The fourth-order valence-electron chi connectivity index (χ4n) is 5.07. The highest BCUT2D eigenvalue weighted by Crippen LogP contribution is 2.42. The molecule has 1 fully saturated rings. The second kappa shape index (κ2) is 12.2. The van der Waals surface area contributed by atoms with Crippen LogP contribution in [0.4, 0.5) is 20.2 Å². The van der Waals surface area contributed by atoms with Crippen molar-refractivity contribution in [3.63, 3.8) is 0 Å². The summed E-state index contributed by atoms with van der Waals surface area (Å²) in [5.41, 5.74) is 3.45. The molecule has 2 atom stereocenters. The Morgan fingerprint density at radius 2 is 1.90 bits per heavy atom. The molecule has 5 rings (SSSR count). The van der Waals surface area contributed by atoms with Crippen molar-refractivity contribution in [2.45, 2.75) is 18.6 Å². The van der Waals surface area contributed by atoms with Crippen LogP contribution in [0, 0.1) is 17.7 Å². The summed E-state index contributed by atoms with van der Waals surface area (Å²) >= 11 is 1.55. The number of likely N-dealkylation sites (tertiary alicyclic amines) is 1. The van der Waals surface area contributed by atoms with Gasteiger partial charge in [0.1, 0.15) is 24.9 Å². The summed E-state index contributed by atoms with van der Waals surface area (Å²) in [4.78, 5) is 2.86. The Balaban J connectivity index is 1.46. The van der Waals surface area contributed by atoms with Crippen molar-refractivity contribution in [1.29, 1.82) is 0 Å². The number of nitrogens with one attached hydrogen (secondary N) is 2. The standard InChI is InChI=1S/C32H34F2N3O2PS/c1-37-18-16-26(25(34)20-37)36-28-8-5-7-24-31(21-10-12-22(33)13-11-21)30(41-32(24)28)9-6-17-35-27-15-14-23(40(3,4)38)19-29(27)39-2/h5,7-8,10-15,19,25-26,35-36H,16-18,20H2,1-4H3/t25-,26?/m1/s1. The summed E-state index contributed by atoms with van der Waals surface area (Å²) in [5, 5.41) is 8.51. The number of hydrogen-bond donors (Lipinski definition) is 2. The molecule has 41 heavy (non-hydrogen) atoms. The normalized spacial score (nSPS) is 17.6. The molecule has 9 heteroatoms. The molecule has 4 aromatic rings. The Morgan fingerprint density at radius 3 is 2.61 bits per heavy atom. The van der Waals surface area contributed by atoms with E-state index in [1.165, 1.54) is 12.1 Å². The molecule has 1 aromatic heterocycles. The molecular formula is C32H34F2N3O2PS. The van der Waals surface area contributed by atoms with Crippen LogP contribution < -0.4 is 20.7 Å². The van der Waals surface area contributed by atoms with Crippen LogP contribution in [0.3, 0.4) is 0 Å². The fourth-order valence-corrected chi connectivity index (χ4v) is 7.10. The second-order valence-corrected chi connectivity index (χ2v) is 14.9. The Morgan fingerprint density at radius 1 is 1.12 bits per heavy atom. The second-order valence-electron chi connectivity index (χ2n) is 10.7. The third-order valence-corrected chi connectivity index (χ3v) is 9.99. The van der Waals surface area contributed by atoms with E-state index in [9.17, 15) is 13.3 Å². The third kappa shape index (κ3) is 6.59. The molecule has 0 aliphatic carbocycles. The lowest BCUT2D eigenvalue weighted by molar-refractivity contribution is 0.149. The number of rotatable bonds is 7. The number of methoxy groups -OCH3 is 1. The van der Waals surface area contributed by atoms with Crippen molar-refractivity contribution in [2.75, 3.05) is 57.8 Å². The zero-order valence-electron chi connectivity index (χ0n) is 23.6. The highest BCUT2D eigenvalue weighted by molar-refractivity contribution is 7.70. The Kier molecular flexibility index (Phi) is 8.70. The topological polar surface area (TPSA) is 53.6 Å². The van der Waals surface area contributed by atoms with Crippen molar-refractivity contribution in [2.24, 2.45) is 0 Å². The minimum atomic E-state index is -2.41. The van der Waals surface area contributed by atoms with E-state index in [0.29, 0.717) is 18.8 Å². The van der Waals surface area contributed by atoms with E-state index in [0.717, 1.165) is 55.7 Å². The van der Waals surface area contributed by atoms with Gasteiger partial charge < -0.3 is 24.8 Å². The molecule has 2 heterocycles. The molecular weight excluding hydrogens is 559 g/mol. The molecule has 0 saturated carbocycles. The molecule has 0 amide bonds. The number of halogens is 2. The molecule has 0 radical (unpaired) electrons. The number of piperidine rings is 1. The van der Waals surface area contributed by atoms with Gasteiger partial charge in [-0.2, -0.15) is 0 Å². The van der Waals surface area contributed by atoms with Crippen molar-refractivity contribution in [1.82, 2.24) is 4.90 Å². The molecule has 214 valence electrons. The maximum Gasteiger partial charge on any atom is 0.142 e. The van der Waals surface area contributed by atoms with E-state index in [-0.39, 0.29) is 11.9 Å². The molecule has 1 aliphatic rings. The van der Waals surface area contributed by atoms with Gasteiger partial charge in [-0.15, -0.1) is 11.3 Å². The first kappa shape index (κ1) is 29.1. The Hall–Kier alpha value is -3.37. The van der Waals surface area contributed by atoms with Crippen molar-refractivity contribution < 1.29 is 18.1 Å². The van der Waals surface area contributed by atoms with Crippen molar-refractivity contribution in [3.8, 4) is 28.7 Å². The summed E-state index contributed by atoms with van der Waals surface area (Å²) < 4.78 is 47.6. The average molecular weight is 594 g/mol. The van der Waals surface area contributed by atoms with E-state index >= 15 is 0 Å². The van der Waals surface area contributed by atoms with Crippen LogP contribution in [0.1, 0.15) is 11.3 Å². The minimum absolute atomic E-state index is 0.261. The molecule has 2 N–H and O–H groups in total. The first-order chi connectivity index (χ1) is 19.6. The van der Waals surface area contributed by atoms with Gasteiger partial charge >= 0.3 is 0 Å². The third-order valence-electron chi connectivity index (χ3n) is 7.31. The van der Waals surface area contributed by atoms with E-state index in [4.69, 9.17) is 4.74 Å². The van der Waals surface area contributed by atoms with Crippen LogP contribution in [0.15, 0.2) is 60.7 Å². The summed E-state index contributed by atoms with van der Waals surface area (Å²) in [6.45, 7) is 5.06. The number of nitrogens with zero attached hydrogens (tertiary/aromatic N) is 1. The van der Waals surface area contributed by atoms with E-state index in [1.54, 1.807) is 50.0 Å². The molecule has 5 nitrogen and oxygen atoms in total. The van der Waals surface area contributed by atoms with Gasteiger partial charge in [0.15, 0.2) is 0 Å². The molecule has 0 bridgehead atoms. The van der Waals surface area contributed by atoms with Crippen LogP contribution in [0.5, 0.6) is 5.75 Å². The predicted molar refractivity (Wildman–Crippen MR) is 169 cm³/mol. The van der Waals surface area contributed by atoms with Gasteiger partial charge in [-0.05, 0) is 68.8 Å². The van der Waals surface area contributed by atoms with Crippen LogP contribution >= 0.6 is 18.5 Å². The van der Waals surface area contributed by atoms with Gasteiger partial charge in [0.2, 0.25) is 0 Å². The lowest BCUT2D eigenvalue weighted by atomic mass is 10.0. The van der Waals surface area contributed by atoms with Crippen LogP contribution in [-0.2, 0) is 4.57 Å². The van der Waals surface area contributed by atoms with Gasteiger partial charge in [-0.3, -0.25) is 0 Å². The number of hydrogen-bond acceptors (Lipinski definition) is 6. The summed E-state index contributed by atoms with van der Waals surface area (Å²) in [6, 6.07) is 17.7. The number of fused-ring (bicyclic) bond motifs is 1. The van der Waals surface area contributed by atoms with Gasteiger partial charge in [0.25, 0.3) is 0 Å². The maximum atomic E-state index is 14.9. The predicted octanol–water partition coefficient (Wildman–Crippen LogP) is 6.88. The number of thiophene rings is 1. The number of benzene rings is 3. The van der Waals surface area contributed by atoms with E-state index < -0.39 is 13.3 Å². The van der Waals surface area contributed by atoms with Crippen LogP contribution in [0.25, 0.3) is 21.2 Å². The zero-order valence-corrected chi connectivity index (χ0v) is 25.3. The summed E-state index contributed by atoms with van der Waals surface area (Å²) in [5.74, 6) is 6.85. The van der Waals surface area contributed by atoms with Crippen LogP contribution in [0.2, 0.25) is 0 Å². The van der Waals surface area contributed by atoms with E-state index in [1.807, 2.05) is 42.3 Å². The lowest BCUT2D eigenvalue weighted by Gasteiger charge is -2.33. The van der Waals surface area contributed by atoms with Gasteiger partial charge in [0, 0.05) is 29.3 Å². The summed E-state index contributed by atoms with van der Waals surface area (Å²) in [6.07, 6.45) is -0.236. The first-order valence-electron chi connectivity index (χ1n) is 13.5. The quantitative estimate of drug-likeness (QED) is 0.181. The average Bonchev–Trinajstić information content (AvgIpc) is 3.31. The van der Waals surface area contributed by atoms with E-state index in [2.05, 4.69) is 22.5 Å². The zero-order chi connectivity index (χ0) is 29.1. The van der Waals surface area contributed by atoms with Crippen molar-refractivity contribution >= 4 is 45.2 Å². The highest BCUT2D eigenvalue weighted by Gasteiger charge is 2.28. The van der Waals surface area contributed by atoms with Gasteiger partial charge in [-0.25, -0.2) is 8.78 Å². The Labute approximate surface area is 244 Å². The smallest absolute Gasteiger partial charge is 0.142 e. The summed E-state index contributed by atoms with van der Waals surface area (Å²) in [7, 11) is 1.11. The molecule has 3 aromatic carbocycles. The Bertz CT molecular complexity index is 1660. The monoisotopic (exact) mass is 593 g/mol. The minimum Gasteiger partial charge on any atom is -0.495 e. The number of alkyl halides is 1. The fraction of sp³-hybridized carbons (Fsp3) is 0.312. The van der Waals surface area contributed by atoms with Crippen LogP contribution in [-0.4, -0.2) is 64.2 Å². The van der Waals surface area contributed by atoms with Gasteiger partial charge in [-0.1, -0.05) is 36.1 Å². The van der Waals surface area contributed by atoms with Gasteiger partial charge in [0.05, 0.1) is 40.6 Å². The SMILES string of the molecule is COc1cc(P(C)(C)=O)ccc1NCC#Cc1sc2c(NC3CCN(C)C[C@H]3F)cccc2c1-c1ccc(F)cc1. The molecule has 0 spiro atoms. The molecule has 1 aliphatic heterocycles. The molecule has 1 unspecified atom stereocenters. The number of ether oxygens (including phenoxy) is 1. The largest absolute Gasteiger partial charge is 0.495 e.